The fourth-order valence-corrected chi connectivity index (χ4v) is 3.99. The molecule has 0 fully saturated rings. The van der Waals surface area contributed by atoms with E-state index in [9.17, 15) is 14.4 Å². The molecule has 0 saturated carbocycles. The Labute approximate surface area is 184 Å². The van der Waals surface area contributed by atoms with Gasteiger partial charge < -0.3 is 5.32 Å². The maximum absolute atomic E-state index is 13.1. The minimum Gasteiger partial charge on any atom is -0.304 e. The van der Waals surface area contributed by atoms with Gasteiger partial charge in [-0.2, -0.15) is 4.99 Å². The Kier molecular flexibility index (Phi) is 6.24. The first-order valence-electron chi connectivity index (χ1n) is 9.67. The average molecular weight is 430 g/mol. The van der Waals surface area contributed by atoms with Gasteiger partial charge in [0.2, 0.25) is 11.8 Å². The van der Waals surface area contributed by atoms with Crippen LogP contribution in [-0.4, -0.2) is 28.6 Å². The number of nitrogens with one attached hydrogen (secondary N) is 1. The fraction of sp³-hybridized carbons (Fsp3) is 0.0833. The lowest BCUT2D eigenvalue weighted by molar-refractivity contribution is -0.129. The second-order valence-corrected chi connectivity index (χ2v) is 7.74. The molecule has 1 heterocycles. The third-order valence-electron chi connectivity index (χ3n) is 4.69. The maximum Gasteiger partial charge on any atom is 0.265 e. The number of benzene rings is 3. The molecule has 0 radical (unpaired) electrons. The highest BCUT2D eigenvalue weighted by molar-refractivity contribution is 8.14. The molecule has 1 atom stereocenters. The zero-order chi connectivity index (χ0) is 21.6. The Morgan fingerprint density at radius 3 is 1.87 bits per heavy atom. The molecule has 31 heavy (non-hydrogen) atoms. The molecule has 7 heteroatoms. The fourth-order valence-electron chi connectivity index (χ4n) is 3.28. The first-order chi connectivity index (χ1) is 15.1. The van der Waals surface area contributed by atoms with Gasteiger partial charge in [0.25, 0.3) is 5.91 Å². The number of amidine groups is 1. The van der Waals surface area contributed by atoms with Crippen LogP contribution in [0.25, 0.3) is 0 Å². The molecule has 1 unspecified atom stereocenters. The summed E-state index contributed by atoms with van der Waals surface area (Å²) in [5, 5.41) is 2.79. The molecule has 0 aliphatic carbocycles. The lowest BCUT2D eigenvalue weighted by atomic mass is 9.97. The summed E-state index contributed by atoms with van der Waals surface area (Å²) in [4.78, 5) is 43.7. The van der Waals surface area contributed by atoms with E-state index in [1.54, 1.807) is 29.2 Å². The summed E-state index contributed by atoms with van der Waals surface area (Å²) in [5.41, 5.74) is 2.05. The Morgan fingerprint density at radius 1 is 0.839 bits per heavy atom. The molecule has 1 aliphatic heterocycles. The predicted octanol–water partition coefficient (Wildman–Crippen LogP) is 3.88. The van der Waals surface area contributed by atoms with Crippen molar-refractivity contribution in [2.45, 2.75) is 5.92 Å². The van der Waals surface area contributed by atoms with E-state index in [4.69, 9.17) is 0 Å². The largest absolute Gasteiger partial charge is 0.304 e. The number of para-hydroxylation sites is 2. The molecule has 1 N–H and O–H groups in total. The van der Waals surface area contributed by atoms with Gasteiger partial charge in [0, 0.05) is 11.4 Å². The predicted molar refractivity (Wildman–Crippen MR) is 122 cm³/mol. The van der Waals surface area contributed by atoms with Crippen LogP contribution in [0.3, 0.4) is 0 Å². The van der Waals surface area contributed by atoms with Gasteiger partial charge in [0.1, 0.15) is 5.92 Å². The van der Waals surface area contributed by atoms with Crippen LogP contribution in [0.5, 0.6) is 0 Å². The van der Waals surface area contributed by atoms with Crippen molar-refractivity contribution in [2.75, 3.05) is 10.7 Å². The number of thioether (sulfide) groups is 1. The van der Waals surface area contributed by atoms with E-state index in [0.717, 1.165) is 23.1 Å². The normalized spacial score (nSPS) is 15.7. The third kappa shape index (κ3) is 4.73. The highest BCUT2D eigenvalue weighted by Gasteiger charge is 2.33. The number of carbonyl (C=O) groups is 3. The topological polar surface area (TPSA) is 78.8 Å². The molecule has 1 aliphatic rings. The number of hydrogen-bond acceptors (Lipinski definition) is 4. The number of aliphatic imine (C=N–C) groups is 1. The minimum atomic E-state index is -0.966. The van der Waals surface area contributed by atoms with Crippen molar-refractivity contribution in [2.24, 2.45) is 4.99 Å². The monoisotopic (exact) mass is 429 g/mol. The second kappa shape index (κ2) is 9.40. The van der Waals surface area contributed by atoms with E-state index in [-0.39, 0.29) is 16.8 Å². The van der Waals surface area contributed by atoms with E-state index in [2.05, 4.69) is 10.3 Å². The molecule has 0 aromatic heterocycles. The van der Waals surface area contributed by atoms with E-state index >= 15 is 0 Å². The second-order valence-electron chi connectivity index (χ2n) is 6.78. The molecule has 3 aromatic rings. The number of rotatable bonds is 5. The quantitative estimate of drug-likeness (QED) is 0.625. The van der Waals surface area contributed by atoms with Gasteiger partial charge in [-0.3, -0.25) is 19.3 Å². The van der Waals surface area contributed by atoms with E-state index in [1.807, 2.05) is 66.7 Å². The molecule has 6 nitrogen and oxygen atoms in total. The van der Waals surface area contributed by atoms with Gasteiger partial charge >= 0.3 is 0 Å². The number of amides is 3. The summed E-state index contributed by atoms with van der Waals surface area (Å²) in [5.74, 6) is -2.13. The van der Waals surface area contributed by atoms with Gasteiger partial charge in [-0.1, -0.05) is 78.5 Å². The SMILES string of the molecule is O=C1N=C(SCC(=O)N(c2ccccc2)c2ccccc2)NC(=O)C1c1ccccc1. The summed E-state index contributed by atoms with van der Waals surface area (Å²) in [6.45, 7) is 0. The number of anilines is 2. The van der Waals surface area contributed by atoms with Crippen molar-refractivity contribution in [1.82, 2.24) is 5.32 Å². The summed E-state index contributed by atoms with van der Waals surface area (Å²) in [6.07, 6.45) is 0. The average Bonchev–Trinajstić information content (AvgIpc) is 2.80. The smallest absolute Gasteiger partial charge is 0.265 e. The first kappa shape index (κ1) is 20.6. The van der Waals surface area contributed by atoms with Crippen LogP contribution < -0.4 is 10.2 Å². The lowest BCUT2D eigenvalue weighted by Crippen LogP contribution is -2.42. The van der Waals surface area contributed by atoms with Crippen LogP contribution in [0.15, 0.2) is 96.0 Å². The van der Waals surface area contributed by atoms with Crippen LogP contribution in [0.2, 0.25) is 0 Å². The number of carbonyl (C=O) groups excluding carboxylic acids is 3. The zero-order valence-corrected chi connectivity index (χ0v) is 17.3. The van der Waals surface area contributed by atoms with Crippen molar-refractivity contribution < 1.29 is 14.4 Å². The molecule has 4 rings (SSSR count). The van der Waals surface area contributed by atoms with Crippen molar-refractivity contribution in [3.8, 4) is 0 Å². The first-order valence-corrected chi connectivity index (χ1v) is 10.7. The molecule has 0 saturated heterocycles. The molecule has 0 spiro atoms. The van der Waals surface area contributed by atoms with Gasteiger partial charge in [-0.15, -0.1) is 0 Å². The molecular weight excluding hydrogens is 410 g/mol. The van der Waals surface area contributed by atoms with E-state index in [1.165, 1.54) is 0 Å². The van der Waals surface area contributed by atoms with Crippen LogP contribution in [0.1, 0.15) is 11.5 Å². The third-order valence-corrected chi connectivity index (χ3v) is 5.55. The highest BCUT2D eigenvalue weighted by Crippen LogP contribution is 2.27. The van der Waals surface area contributed by atoms with Crippen LogP contribution in [0, 0.1) is 0 Å². The minimum absolute atomic E-state index is 0.00614. The summed E-state index contributed by atoms with van der Waals surface area (Å²) in [7, 11) is 0. The summed E-state index contributed by atoms with van der Waals surface area (Å²) >= 11 is 1.03. The van der Waals surface area contributed by atoms with Gasteiger partial charge in [-0.25, -0.2) is 0 Å². The van der Waals surface area contributed by atoms with Crippen LogP contribution in [-0.2, 0) is 14.4 Å². The van der Waals surface area contributed by atoms with Crippen LogP contribution >= 0.6 is 11.8 Å². The molecule has 3 amide bonds. The van der Waals surface area contributed by atoms with Gasteiger partial charge in [-0.05, 0) is 29.8 Å². The molecule has 154 valence electrons. The Hall–Kier alpha value is -3.71. The van der Waals surface area contributed by atoms with Gasteiger partial charge in [0.05, 0.1) is 5.75 Å². The Morgan fingerprint density at radius 2 is 1.35 bits per heavy atom. The Balaban J connectivity index is 1.49. The molecular formula is C24H19N3O3S. The summed E-state index contributed by atoms with van der Waals surface area (Å²) < 4.78 is 0. The zero-order valence-electron chi connectivity index (χ0n) is 16.5. The maximum atomic E-state index is 13.1. The van der Waals surface area contributed by atoms with E-state index < -0.39 is 17.7 Å². The lowest BCUT2D eigenvalue weighted by Gasteiger charge is -2.24. The van der Waals surface area contributed by atoms with Crippen LogP contribution in [0.4, 0.5) is 11.4 Å². The highest BCUT2D eigenvalue weighted by atomic mass is 32.2. The van der Waals surface area contributed by atoms with E-state index in [0.29, 0.717) is 5.56 Å². The van der Waals surface area contributed by atoms with Crippen molar-refractivity contribution in [3.05, 3.63) is 96.6 Å². The van der Waals surface area contributed by atoms with Crippen molar-refractivity contribution >= 4 is 46.0 Å². The van der Waals surface area contributed by atoms with Gasteiger partial charge in [0.15, 0.2) is 5.17 Å². The van der Waals surface area contributed by atoms with Crippen molar-refractivity contribution in [1.29, 1.82) is 0 Å². The summed E-state index contributed by atoms with van der Waals surface area (Å²) in [6, 6.07) is 27.4. The van der Waals surface area contributed by atoms with Crippen molar-refractivity contribution in [3.63, 3.8) is 0 Å². The number of nitrogens with zero attached hydrogens (tertiary/aromatic N) is 2. The number of hydrogen-bond donors (Lipinski definition) is 1. The Bertz CT molecular complexity index is 1080. The standard InChI is InChI=1S/C24H19N3O3S/c28-20(27(18-12-6-2-7-13-18)19-14-8-3-9-15-19)16-31-24-25-22(29)21(23(30)26-24)17-10-4-1-5-11-17/h1-15,21H,16H2,(H,25,26,29,30). The molecule has 3 aromatic carbocycles. The molecule has 0 bridgehead atoms.